The zero-order valence-corrected chi connectivity index (χ0v) is 30.8. The molecule has 3 heterocycles. The molecule has 0 amide bonds. The number of fused-ring (bicyclic) bond motifs is 3. The van der Waals surface area contributed by atoms with Crippen molar-refractivity contribution in [3.05, 3.63) is 132 Å². The van der Waals surface area contributed by atoms with E-state index in [4.69, 9.17) is 14.8 Å². The molecule has 0 bridgehead atoms. The summed E-state index contributed by atoms with van der Waals surface area (Å²) >= 11 is 0. The van der Waals surface area contributed by atoms with Gasteiger partial charge in [0.2, 0.25) is 0 Å². The van der Waals surface area contributed by atoms with Crippen LogP contribution in [0, 0.1) is 19.1 Å². The quantitative estimate of drug-likeness (QED) is 0.144. The standard InChI is InChI=1S/C42H40N4O.Pt/c1-26(2)30-20-37(27(3)4)42(38(21-30)28(5)6)31-24-44-45(25-31)32-11-10-12-33(22-32)47-34-15-16-36-35-13-8-9-14-39(35)46(40(36)23-34)41-19-29(7)17-18-43-41;/h8-21,24-28H,1-7H3;/q-2;+2. The maximum atomic E-state index is 6.40. The summed E-state index contributed by atoms with van der Waals surface area (Å²) in [5, 5.41) is 7.05. The van der Waals surface area contributed by atoms with Gasteiger partial charge in [0.25, 0.3) is 0 Å². The molecule has 0 N–H and O–H groups in total. The predicted octanol–water partition coefficient (Wildman–Crippen LogP) is 11.1. The fourth-order valence-electron chi connectivity index (χ4n) is 6.43. The molecule has 6 heteroatoms. The van der Waals surface area contributed by atoms with Gasteiger partial charge in [0.05, 0.1) is 6.20 Å². The number of hydrogen-bond donors (Lipinski definition) is 0. The Hall–Kier alpha value is -4.47. The topological polar surface area (TPSA) is 44.9 Å². The van der Waals surface area contributed by atoms with Crippen LogP contribution in [0.1, 0.15) is 81.5 Å². The summed E-state index contributed by atoms with van der Waals surface area (Å²) in [6.07, 6.45) is 5.94. The summed E-state index contributed by atoms with van der Waals surface area (Å²) in [6, 6.07) is 34.2. The van der Waals surface area contributed by atoms with E-state index >= 15 is 0 Å². The van der Waals surface area contributed by atoms with Gasteiger partial charge >= 0.3 is 21.1 Å². The van der Waals surface area contributed by atoms with Gasteiger partial charge in [-0.3, -0.25) is 4.68 Å². The van der Waals surface area contributed by atoms with Crippen molar-refractivity contribution in [3.8, 4) is 34.1 Å². The number of aromatic nitrogens is 4. The maximum Gasteiger partial charge on any atom is 2.00 e. The van der Waals surface area contributed by atoms with Crippen LogP contribution in [-0.2, 0) is 21.1 Å². The minimum Gasteiger partial charge on any atom is -0.509 e. The van der Waals surface area contributed by atoms with Crippen LogP contribution in [0.3, 0.4) is 0 Å². The van der Waals surface area contributed by atoms with E-state index in [0.717, 1.165) is 44.4 Å². The number of benzene rings is 4. The Morgan fingerprint density at radius 1 is 0.729 bits per heavy atom. The molecular weight excluding hydrogens is 772 g/mol. The van der Waals surface area contributed by atoms with Crippen molar-refractivity contribution in [2.45, 2.75) is 66.2 Å². The molecule has 7 aromatic rings. The number of ether oxygens (including phenoxy) is 1. The zero-order chi connectivity index (χ0) is 32.8. The van der Waals surface area contributed by atoms with E-state index in [2.05, 4.69) is 120 Å². The van der Waals surface area contributed by atoms with Crippen molar-refractivity contribution in [2.75, 3.05) is 0 Å². The fourth-order valence-corrected chi connectivity index (χ4v) is 6.43. The van der Waals surface area contributed by atoms with Crippen LogP contribution < -0.4 is 4.74 Å². The van der Waals surface area contributed by atoms with Gasteiger partial charge in [-0.05, 0) is 81.8 Å². The first-order chi connectivity index (χ1) is 22.7. The third-order valence-electron chi connectivity index (χ3n) is 8.91. The summed E-state index contributed by atoms with van der Waals surface area (Å²) < 4.78 is 10.4. The van der Waals surface area contributed by atoms with Gasteiger partial charge in [0.15, 0.2) is 0 Å². The molecule has 0 saturated carbocycles. The average molecular weight is 812 g/mol. The van der Waals surface area contributed by atoms with Crippen LogP contribution >= 0.6 is 0 Å². The summed E-state index contributed by atoms with van der Waals surface area (Å²) in [6.45, 7) is 15.7. The van der Waals surface area contributed by atoms with Crippen LogP contribution in [0.25, 0.3) is 44.4 Å². The Kier molecular flexibility index (Phi) is 9.45. The molecule has 0 aliphatic heterocycles. The second-order valence-electron chi connectivity index (χ2n) is 13.3. The fraction of sp³-hybridized carbons (Fsp3) is 0.238. The normalized spacial score (nSPS) is 11.6. The van der Waals surface area contributed by atoms with Crippen LogP contribution in [0.4, 0.5) is 0 Å². The van der Waals surface area contributed by atoms with E-state index in [0.29, 0.717) is 29.3 Å². The van der Waals surface area contributed by atoms with E-state index in [-0.39, 0.29) is 21.1 Å². The predicted molar refractivity (Wildman–Crippen MR) is 192 cm³/mol. The van der Waals surface area contributed by atoms with Crippen LogP contribution in [-0.4, -0.2) is 19.3 Å². The molecule has 0 fully saturated rings. The van der Waals surface area contributed by atoms with E-state index in [1.54, 1.807) is 0 Å². The minimum absolute atomic E-state index is 0. The first-order valence-corrected chi connectivity index (χ1v) is 16.5. The first-order valence-electron chi connectivity index (χ1n) is 16.5. The summed E-state index contributed by atoms with van der Waals surface area (Å²) in [5.74, 6) is 3.31. The van der Waals surface area contributed by atoms with E-state index in [9.17, 15) is 0 Å². The molecule has 0 unspecified atom stereocenters. The van der Waals surface area contributed by atoms with Crippen LogP contribution in [0.5, 0.6) is 11.5 Å². The van der Waals surface area contributed by atoms with Gasteiger partial charge in [-0.25, -0.2) is 4.98 Å². The Bertz CT molecular complexity index is 2210. The van der Waals surface area contributed by atoms with E-state index in [1.807, 2.05) is 47.4 Å². The third kappa shape index (κ3) is 6.24. The van der Waals surface area contributed by atoms with Gasteiger partial charge in [0, 0.05) is 35.0 Å². The molecule has 0 aliphatic carbocycles. The van der Waals surface area contributed by atoms with Crippen LogP contribution in [0.2, 0.25) is 0 Å². The van der Waals surface area contributed by atoms with Gasteiger partial charge in [-0.15, -0.1) is 35.7 Å². The Labute approximate surface area is 297 Å². The van der Waals surface area contributed by atoms with Gasteiger partial charge in [-0.1, -0.05) is 77.4 Å². The molecule has 0 atom stereocenters. The molecule has 0 spiro atoms. The van der Waals surface area contributed by atoms with Crippen molar-refractivity contribution in [1.29, 1.82) is 0 Å². The molecule has 0 saturated heterocycles. The third-order valence-corrected chi connectivity index (χ3v) is 8.91. The molecular formula is C42H40N4OPt. The van der Waals surface area contributed by atoms with Crippen molar-refractivity contribution in [3.63, 3.8) is 0 Å². The van der Waals surface area contributed by atoms with Gasteiger partial charge in [0.1, 0.15) is 5.82 Å². The molecule has 244 valence electrons. The average Bonchev–Trinajstić information content (AvgIpc) is 3.67. The number of pyridine rings is 1. The summed E-state index contributed by atoms with van der Waals surface area (Å²) in [5.41, 5.74) is 10.5. The molecule has 48 heavy (non-hydrogen) atoms. The molecule has 0 radical (unpaired) electrons. The van der Waals surface area contributed by atoms with Crippen molar-refractivity contribution < 1.29 is 25.8 Å². The second-order valence-corrected chi connectivity index (χ2v) is 13.3. The van der Waals surface area contributed by atoms with E-state index in [1.165, 1.54) is 22.3 Å². The Morgan fingerprint density at radius 2 is 1.46 bits per heavy atom. The number of rotatable bonds is 8. The second kappa shape index (κ2) is 13.6. The Morgan fingerprint density at radius 3 is 2.17 bits per heavy atom. The van der Waals surface area contributed by atoms with Crippen molar-refractivity contribution in [2.24, 2.45) is 0 Å². The molecule has 7 rings (SSSR count). The maximum absolute atomic E-state index is 6.40. The minimum atomic E-state index is 0. The van der Waals surface area contributed by atoms with Gasteiger partial charge < -0.3 is 9.30 Å². The molecule has 3 aromatic heterocycles. The smallest absolute Gasteiger partial charge is 0.509 e. The molecule has 4 aromatic carbocycles. The number of hydrogen-bond acceptors (Lipinski definition) is 3. The first kappa shape index (κ1) is 33.4. The van der Waals surface area contributed by atoms with Gasteiger partial charge in [-0.2, -0.15) is 17.2 Å². The molecule has 0 aliphatic rings. The zero-order valence-electron chi connectivity index (χ0n) is 28.5. The summed E-state index contributed by atoms with van der Waals surface area (Å²) in [7, 11) is 0. The SMILES string of the molecule is Cc1ccnc(-n2c3[c-]c(Oc4[c-]c(-n5cc(-c6c(C(C)C)cc(C(C)C)cc6C(C)C)cn5)ccc4)ccc3c3ccccc32)c1.[Pt+2]. The molecule has 5 nitrogen and oxygen atoms in total. The monoisotopic (exact) mass is 811 g/mol. The van der Waals surface area contributed by atoms with Crippen molar-refractivity contribution >= 4 is 21.8 Å². The van der Waals surface area contributed by atoms with Crippen LogP contribution in [0.15, 0.2) is 97.5 Å². The largest absolute Gasteiger partial charge is 2.00 e. The van der Waals surface area contributed by atoms with Crippen molar-refractivity contribution in [1.82, 2.24) is 19.3 Å². The summed E-state index contributed by atoms with van der Waals surface area (Å²) in [4.78, 5) is 4.69. The number of para-hydroxylation sites is 1. The number of aryl methyl sites for hydroxylation is 1. The Balaban J connectivity index is 0.00000401. The number of nitrogens with zero attached hydrogens (tertiary/aromatic N) is 4. The van der Waals surface area contributed by atoms with E-state index < -0.39 is 0 Å².